The Labute approximate surface area is 147 Å². The fourth-order valence-corrected chi connectivity index (χ4v) is 2.88. The van der Waals surface area contributed by atoms with Crippen molar-refractivity contribution < 1.29 is 14.3 Å². The molecule has 0 bridgehead atoms. The maximum absolute atomic E-state index is 12.3. The summed E-state index contributed by atoms with van der Waals surface area (Å²) in [7, 11) is 0. The highest BCUT2D eigenvalue weighted by atomic mass is 16.6. The topological polar surface area (TPSA) is 58.6 Å². The molecule has 0 saturated carbocycles. The van der Waals surface area contributed by atoms with Gasteiger partial charge in [-0.2, -0.15) is 0 Å². The van der Waals surface area contributed by atoms with E-state index in [0.717, 1.165) is 17.7 Å². The van der Waals surface area contributed by atoms with Gasteiger partial charge in [-0.05, 0) is 42.7 Å². The Kier molecular flexibility index (Phi) is 5.03. The van der Waals surface area contributed by atoms with E-state index in [9.17, 15) is 9.59 Å². The maximum Gasteiger partial charge on any atom is 0.414 e. The van der Waals surface area contributed by atoms with Crippen molar-refractivity contribution in [1.82, 2.24) is 5.32 Å². The first-order valence-electron chi connectivity index (χ1n) is 8.49. The number of hydrogen-bond acceptors (Lipinski definition) is 3. The lowest BCUT2D eigenvalue weighted by Crippen LogP contribution is -2.34. The van der Waals surface area contributed by atoms with Crippen LogP contribution in [0.25, 0.3) is 0 Å². The summed E-state index contributed by atoms with van der Waals surface area (Å²) in [6, 6.07) is 15.3. The minimum Gasteiger partial charge on any atom is -0.442 e. The van der Waals surface area contributed by atoms with Crippen LogP contribution >= 0.6 is 0 Å². The summed E-state index contributed by atoms with van der Waals surface area (Å²) >= 11 is 0. The van der Waals surface area contributed by atoms with Gasteiger partial charge in [-0.1, -0.05) is 37.3 Å². The van der Waals surface area contributed by atoms with E-state index in [1.807, 2.05) is 49.4 Å². The van der Waals surface area contributed by atoms with Gasteiger partial charge in [-0.25, -0.2) is 4.79 Å². The Bertz CT molecular complexity index is 771. The molecule has 130 valence electrons. The normalized spacial score (nSPS) is 16.6. The van der Waals surface area contributed by atoms with Gasteiger partial charge in [0.05, 0.1) is 13.1 Å². The first-order valence-corrected chi connectivity index (χ1v) is 8.49. The zero-order valence-corrected chi connectivity index (χ0v) is 14.5. The van der Waals surface area contributed by atoms with Crippen molar-refractivity contribution in [2.24, 2.45) is 0 Å². The number of aryl methyl sites for hydroxylation is 2. The lowest BCUT2D eigenvalue weighted by Gasteiger charge is -2.14. The quantitative estimate of drug-likeness (QED) is 0.910. The molecule has 0 aromatic heterocycles. The van der Waals surface area contributed by atoms with Gasteiger partial charge >= 0.3 is 6.09 Å². The molecule has 2 amide bonds. The number of amides is 2. The Hall–Kier alpha value is -2.82. The van der Waals surface area contributed by atoms with E-state index in [-0.39, 0.29) is 18.1 Å². The first-order chi connectivity index (χ1) is 12.1. The zero-order chi connectivity index (χ0) is 17.8. The van der Waals surface area contributed by atoms with Crippen LogP contribution in [0.15, 0.2) is 48.5 Å². The maximum atomic E-state index is 12.3. The molecule has 2 aromatic rings. The molecule has 5 heteroatoms. The predicted octanol–water partition coefficient (Wildman–Crippen LogP) is 3.31. The number of rotatable bonds is 5. The van der Waals surface area contributed by atoms with Crippen molar-refractivity contribution in [3.63, 3.8) is 0 Å². The highest BCUT2D eigenvalue weighted by Crippen LogP contribution is 2.22. The van der Waals surface area contributed by atoms with Crippen molar-refractivity contribution in [1.29, 1.82) is 0 Å². The fourth-order valence-electron chi connectivity index (χ4n) is 2.88. The van der Waals surface area contributed by atoms with E-state index in [4.69, 9.17) is 4.74 Å². The summed E-state index contributed by atoms with van der Waals surface area (Å²) in [4.78, 5) is 26.0. The second-order valence-corrected chi connectivity index (χ2v) is 6.16. The molecule has 5 nitrogen and oxygen atoms in total. The minimum atomic E-state index is -0.376. The van der Waals surface area contributed by atoms with E-state index in [1.54, 1.807) is 11.0 Å². The van der Waals surface area contributed by atoms with E-state index in [1.165, 1.54) is 5.56 Å². The average molecular weight is 338 g/mol. The van der Waals surface area contributed by atoms with Crippen LogP contribution in [-0.4, -0.2) is 31.2 Å². The Morgan fingerprint density at radius 2 is 1.92 bits per heavy atom. The third-order valence-electron chi connectivity index (χ3n) is 4.41. The van der Waals surface area contributed by atoms with Crippen molar-refractivity contribution >= 4 is 17.7 Å². The number of cyclic esters (lactones) is 1. The fraction of sp³-hybridized carbons (Fsp3) is 0.300. The molecule has 1 aliphatic rings. The van der Waals surface area contributed by atoms with Crippen molar-refractivity contribution in [3.8, 4) is 0 Å². The summed E-state index contributed by atoms with van der Waals surface area (Å²) in [6.45, 7) is 4.71. The Balaban J connectivity index is 1.59. The standard InChI is InChI=1S/C20H22N2O3/c1-3-15-8-10-16(11-9-15)22-13-17(25-20(22)24)12-21-19(23)18-7-5-4-6-14(18)2/h4-11,17H,3,12-13H2,1-2H3,(H,21,23). The molecule has 0 radical (unpaired) electrons. The highest BCUT2D eigenvalue weighted by Gasteiger charge is 2.32. The van der Waals surface area contributed by atoms with Crippen molar-refractivity contribution in [2.75, 3.05) is 18.0 Å². The van der Waals surface area contributed by atoms with Gasteiger partial charge in [0, 0.05) is 11.3 Å². The molecule has 1 saturated heterocycles. The molecule has 1 heterocycles. The Morgan fingerprint density at radius 3 is 2.60 bits per heavy atom. The molecule has 1 atom stereocenters. The average Bonchev–Trinajstić information content (AvgIpc) is 3.01. The second-order valence-electron chi connectivity index (χ2n) is 6.16. The van der Waals surface area contributed by atoms with Gasteiger partial charge in [0.25, 0.3) is 5.91 Å². The summed E-state index contributed by atoms with van der Waals surface area (Å²) in [5.41, 5.74) is 3.59. The monoisotopic (exact) mass is 338 g/mol. The molecule has 1 N–H and O–H groups in total. The lowest BCUT2D eigenvalue weighted by atomic mass is 10.1. The van der Waals surface area contributed by atoms with Gasteiger partial charge in [-0.15, -0.1) is 0 Å². The second kappa shape index (κ2) is 7.38. The summed E-state index contributed by atoms with van der Waals surface area (Å²) in [5.74, 6) is -0.153. The summed E-state index contributed by atoms with van der Waals surface area (Å²) in [6.07, 6.45) is 0.226. The van der Waals surface area contributed by atoms with Gasteiger partial charge in [-0.3, -0.25) is 9.69 Å². The first kappa shape index (κ1) is 17.0. The van der Waals surface area contributed by atoms with Gasteiger partial charge in [0.1, 0.15) is 6.10 Å². The van der Waals surface area contributed by atoms with E-state index in [0.29, 0.717) is 18.7 Å². The number of nitrogens with zero attached hydrogens (tertiary/aromatic N) is 1. The molecule has 0 spiro atoms. The van der Waals surface area contributed by atoms with Crippen molar-refractivity contribution in [3.05, 3.63) is 65.2 Å². The van der Waals surface area contributed by atoms with Crippen LogP contribution in [0.1, 0.15) is 28.4 Å². The highest BCUT2D eigenvalue weighted by molar-refractivity contribution is 5.95. The molecule has 3 rings (SSSR count). The minimum absolute atomic E-state index is 0.153. The number of nitrogens with one attached hydrogen (secondary N) is 1. The lowest BCUT2D eigenvalue weighted by molar-refractivity contribution is 0.0915. The van der Waals surface area contributed by atoms with Gasteiger partial charge in [0.15, 0.2) is 0 Å². The van der Waals surface area contributed by atoms with Gasteiger partial charge < -0.3 is 10.1 Å². The van der Waals surface area contributed by atoms with Crippen LogP contribution in [0.5, 0.6) is 0 Å². The largest absolute Gasteiger partial charge is 0.442 e. The number of benzene rings is 2. The molecule has 25 heavy (non-hydrogen) atoms. The number of ether oxygens (including phenoxy) is 1. The molecule has 0 aliphatic carbocycles. The summed E-state index contributed by atoms with van der Waals surface area (Å²) in [5, 5.41) is 2.85. The number of anilines is 1. The number of carbonyl (C=O) groups is 2. The Morgan fingerprint density at radius 1 is 1.20 bits per heavy atom. The molecular formula is C20H22N2O3. The molecule has 2 aromatic carbocycles. The van der Waals surface area contributed by atoms with Gasteiger partial charge in [0.2, 0.25) is 0 Å². The molecular weight excluding hydrogens is 316 g/mol. The van der Waals surface area contributed by atoms with Crippen LogP contribution in [0.3, 0.4) is 0 Å². The van der Waals surface area contributed by atoms with E-state index < -0.39 is 0 Å². The predicted molar refractivity (Wildman–Crippen MR) is 96.9 cm³/mol. The van der Waals surface area contributed by atoms with Crippen LogP contribution in [-0.2, 0) is 11.2 Å². The number of carbonyl (C=O) groups excluding carboxylic acids is 2. The smallest absolute Gasteiger partial charge is 0.414 e. The molecule has 1 aliphatic heterocycles. The summed E-state index contributed by atoms with van der Waals surface area (Å²) < 4.78 is 5.37. The SMILES string of the molecule is CCc1ccc(N2CC(CNC(=O)c3ccccc3C)OC2=O)cc1. The van der Waals surface area contributed by atoms with E-state index in [2.05, 4.69) is 12.2 Å². The van der Waals surface area contributed by atoms with Crippen LogP contribution in [0.4, 0.5) is 10.5 Å². The molecule has 1 unspecified atom stereocenters. The van der Waals surface area contributed by atoms with Crippen LogP contribution < -0.4 is 10.2 Å². The third-order valence-corrected chi connectivity index (χ3v) is 4.41. The third kappa shape index (κ3) is 3.82. The van der Waals surface area contributed by atoms with Crippen LogP contribution in [0, 0.1) is 6.92 Å². The zero-order valence-electron chi connectivity index (χ0n) is 14.5. The number of hydrogen-bond donors (Lipinski definition) is 1. The van der Waals surface area contributed by atoms with E-state index >= 15 is 0 Å². The van der Waals surface area contributed by atoms with Crippen molar-refractivity contribution in [2.45, 2.75) is 26.4 Å². The van der Waals surface area contributed by atoms with Crippen LogP contribution in [0.2, 0.25) is 0 Å². The molecule has 1 fully saturated rings.